The minimum absolute atomic E-state index is 0.705. The van der Waals surface area contributed by atoms with Crippen molar-refractivity contribution in [2.75, 3.05) is 26.8 Å². The lowest BCUT2D eigenvalue weighted by atomic mass is 9.69. The van der Waals surface area contributed by atoms with Crippen molar-refractivity contribution >= 4 is 0 Å². The van der Waals surface area contributed by atoms with E-state index in [1.54, 1.807) is 0 Å². The highest BCUT2D eigenvalue weighted by Crippen LogP contribution is 2.37. The van der Waals surface area contributed by atoms with E-state index in [9.17, 15) is 0 Å². The number of ether oxygens (including phenoxy) is 1. The molecule has 0 heterocycles. The quantitative estimate of drug-likeness (QED) is 0.753. The Morgan fingerprint density at radius 1 is 1.38 bits per heavy atom. The average Bonchev–Trinajstić information content (AvgIpc) is 2.27. The zero-order valence-corrected chi connectivity index (χ0v) is 11.5. The summed E-state index contributed by atoms with van der Waals surface area (Å²) in [6.07, 6.45) is 4.19. The summed E-state index contributed by atoms with van der Waals surface area (Å²) in [5.41, 5.74) is 0. The molecule has 1 fully saturated rings. The lowest BCUT2D eigenvalue weighted by molar-refractivity contribution is 0.0690. The van der Waals surface area contributed by atoms with Crippen molar-refractivity contribution in [1.82, 2.24) is 5.32 Å². The first kappa shape index (κ1) is 14.0. The maximum Gasteiger partial charge on any atom is 0.0490 e. The minimum Gasteiger partial charge on any atom is -0.384 e. The van der Waals surface area contributed by atoms with Gasteiger partial charge in [-0.15, -0.1) is 0 Å². The van der Waals surface area contributed by atoms with Crippen molar-refractivity contribution in [2.24, 2.45) is 23.7 Å². The Morgan fingerprint density at radius 3 is 2.75 bits per heavy atom. The van der Waals surface area contributed by atoms with Gasteiger partial charge in [-0.3, -0.25) is 0 Å². The molecular weight excluding hydrogens is 198 g/mol. The van der Waals surface area contributed by atoms with E-state index in [0.29, 0.717) is 5.92 Å². The first-order valence-electron chi connectivity index (χ1n) is 6.88. The third-order valence-corrected chi connectivity index (χ3v) is 4.13. The number of methoxy groups -OCH3 is 1. The molecule has 0 bridgehead atoms. The molecule has 0 aromatic carbocycles. The number of rotatable bonds is 6. The largest absolute Gasteiger partial charge is 0.384 e. The molecule has 0 spiro atoms. The molecule has 0 radical (unpaired) electrons. The van der Waals surface area contributed by atoms with E-state index in [1.165, 1.54) is 25.8 Å². The second kappa shape index (κ2) is 7.29. The van der Waals surface area contributed by atoms with Gasteiger partial charge in [0.15, 0.2) is 0 Å². The van der Waals surface area contributed by atoms with E-state index in [-0.39, 0.29) is 0 Å². The van der Waals surface area contributed by atoms with Crippen molar-refractivity contribution in [3.05, 3.63) is 0 Å². The van der Waals surface area contributed by atoms with Gasteiger partial charge in [0.25, 0.3) is 0 Å². The summed E-state index contributed by atoms with van der Waals surface area (Å²) in [5.74, 6) is 3.32. The lowest BCUT2D eigenvalue weighted by Gasteiger charge is -2.38. The Morgan fingerprint density at radius 2 is 2.12 bits per heavy atom. The number of nitrogens with one attached hydrogen (secondary N) is 1. The molecular formula is C14H29NO. The Kier molecular flexibility index (Phi) is 6.37. The molecule has 1 aliphatic carbocycles. The molecule has 0 aliphatic heterocycles. The van der Waals surface area contributed by atoms with Crippen molar-refractivity contribution in [3.63, 3.8) is 0 Å². The Balaban J connectivity index is 2.50. The fourth-order valence-electron chi connectivity index (χ4n) is 3.15. The average molecular weight is 227 g/mol. The predicted octanol–water partition coefficient (Wildman–Crippen LogP) is 2.93. The highest BCUT2D eigenvalue weighted by atomic mass is 16.5. The van der Waals surface area contributed by atoms with E-state index < -0.39 is 0 Å². The minimum atomic E-state index is 0.705. The molecule has 1 saturated carbocycles. The van der Waals surface area contributed by atoms with Gasteiger partial charge in [-0.05, 0) is 49.6 Å². The number of hydrogen-bond acceptors (Lipinski definition) is 2. The van der Waals surface area contributed by atoms with Crippen LogP contribution in [-0.4, -0.2) is 26.8 Å². The highest BCUT2D eigenvalue weighted by molar-refractivity contribution is 4.83. The first-order chi connectivity index (χ1) is 7.69. The standard InChI is InChI=1S/C14H29NO/c1-5-15-9-13-7-6-11(2)8-14(13)12(3)10-16-4/h11-15H,5-10H2,1-4H3. The SMILES string of the molecule is CCNCC1CCC(C)CC1C(C)COC. The van der Waals surface area contributed by atoms with Gasteiger partial charge in [0.05, 0.1) is 0 Å². The molecule has 4 unspecified atom stereocenters. The van der Waals surface area contributed by atoms with Crippen molar-refractivity contribution < 1.29 is 4.74 Å². The molecule has 1 rings (SSSR count). The summed E-state index contributed by atoms with van der Waals surface area (Å²) < 4.78 is 5.32. The van der Waals surface area contributed by atoms with Gasteiger partial charge >= 0.3 is 0 Å². The third kappa shape index (κ3) is 4.06. The monoisotopic (exact) mass is 227 g/mol. The molecule has 0 aromatic heterocycles. The van der Waals surface area contributed by atoms with Gasteiger partial charge < -0.3 is 10.1 Å². The van der Waals surface area contributed by atoms with E-state index >= 15 is 0 Å². The molecule has 1 N–H and O–H groups in total. The van der Waals surface area contributed by atoms with Gasteiger partial charge in [0.2, 0.25) is 0 Å². The van der Waals surface area contributed by atoms with E-state index in [2.05, 4.69) is 26.1 Å². The fraction of sp³-hybridized carbons (Fsp3) is 1.00. The number of hydrogen-bond donors (Lipinski definition) is 1. The molecule has 2 heteroatoms. The molecule has 0 aromatic rings. The second-order valence-electron chi connectivity index (χ2n) is 5.58. The van der Waals surface area contributed by atoms with Crippen LogP contribution in [0.3, 0.4) is 0 Å². The molecule has 0 saturated heterocycles. The summed E-state index contributed by atoms with van der Waals surface area (Å²) in [6, 6.07) is 0. The van der Waals surface area contributed by atoms with Crippen LogP contribution in [0.2, 0.25) is 0 Å². The van der Waals surface area contributed by atoms with Crippen LogP contribution in [0.5, 0.6) is 0 Å². The van der Waals surface area contributed by atoms with Crippen molar-refractivity contribution in [1.29, 1.82) is 0 Å². The maximum absolute atomic E-state index is 5.32. The molecule has 16 heavy (non-hydrogen) atoms. The summed E-state index contributed by atoms with van der Waals surface area (Å²) in [6.45, 7) is 10.2. The van der Waals surface area contributed by atoms with Gasteiger partial charge in [-0.1, -0.05) is 27.2 Å². The highest BCUT2D eigenvalue weighted by Gasteiger charge is 2.31. The topological polar surface area (TPSA) is 21.3 Å². The maximum atomic E-state index is 5.32. The normalized spacial score (nSPS) is 32.6. The molecule has 2 nitrogen and oxygen atoms in total. The lowest BCUT2D eigenvalue weighted by Crippen LogP contribution is -2.36. The molecule has 4 atom stereocenters. The van der Waals surface area contributed by atoms with Gasteiger partial charge in [0, 0.05) is 13.7 Å². The fourth-order valence-corrected chi connectivity index (χ4v) is 3.15. The van der Waals surface area contributed by atoms with Crippen LogP contribution in [0.15, 0.2) is 0 Å². The smallest absolute Gasteiger partial charge is 0.0490 e. The predicted molar refractivity (Wildman–Crippen MR) is 69.6 cm³/mol. The van der Waals surface area contributed by atoms with Crippen LogP contribution in [-0.2, 0) is 4.74 Å². The second-order valence-corrected chi connectivity index (χ2v) is 5.58. The van der Waals surface area contributed by atoms with Crippen LogP contribution >= 0.6 is 0 Å². The van der Waals surface area contributed by atoms with Crippen LogP contribution in [0, 0.1) is 23.7 Å². The summed E-state index contributed by atoms with van der Waals surface area (Å²) in [4.78, 5) is 0. The van der Waals surface area contributed by atoms with Crippen molar-refractivity contribution in [2.45, 2.75) is 40.0 Å². The Bertz CT molecular complexity index is 182. The Hall–Kier alpha value is -0.0800. The van der Waals surface area contributed by atoms with Gasteiger partial charge in [0.1, 0.15) is 0 Å². The summed E-state index contributed by atoms with van der Waals surface area (Å²) in [7, 11) is 1.82. The third-order valence-electron chi connectivity index (χ3n) is 4.13. The van der Waals surface area contributed by atoms with Crippen LogP contribution < -0.4 is 5.32 Å². The van der Waals surface area contributed by atoms with E-state index in [4.69, 9.17) is 4.74 Å². The zero-order chi connectivity index (χ0) is 12.0. The Labute approximate surface area is 101 Å². The molecule has 1 aliphatic rings. The van der Waals surface area contributed by atoms with E-state index in [0.717, 1.165) is 30.9 Å². The van der Waals surface area contributed by atoms with Gasteiger partial charge in [-0.25, -0.2) is 0 Å². The summed E-state index contributed by atoms with van der Waals surface area (Å²) >= 11 is 0. The first-order valence-corrected chi connectivity index (χ1v) is 6.88. The van der Waals surface area contributed by atoms with E-state index in [1.807, 2.05) is 7.11 Å². The van der Waals surface area contributed by atoms with Crippen LogP contribution in [0.4, 0.5) is 0 Å². The molecule has 0 amide bonds. The molecule has 96 valence electrons. The van der Waals surface area contributed by atoms with Crippen molar-refractivity contribution in [3.8, 4) is 0 Å². The zero-order valence-electron chi connectivity index (χ0n) is 11.5. The van der Waals surface area contributed by atoms with Gasteiger partial charge in [-0.2, -0.15) is 0 Å². The summed E-state index contributed by atoms with van der Waals surface area (Å²) in [5, 5.41) is 3.52. The van der Waals surface area contributed by atoms with Crippen LogP contribution in [0.25, 0.3) is 0 Å². The van der Waals surface area contributed by atoms with Crippen LogP contribution in [0.1, 0.15) is 40.0 Å².